The molecule has 6 heteroatoms. The molecule has 0 bridgehead atoms. The first-order chi connectivity index (χ1) is 7.64. The van der Waals surface area contributed by atoms with Crippen molar-refractivity contribution in [2.45, 2.75) is 19.9 Å². The zero-order valence-electron chi connectivity index (χ0n) is 9.40. The molecule has 92 valence electrons. The van der Waals surface area contributed by atoms with Crippen LogP contribution in [0.25, 0.3) is 0 Å². The fourth-order valence-corrected chi connectivity index (χ4v) is 2.11. The zero-order chi connectivity index (χ0) is 11.9. The first-order valence-corrected chi connectivity index (χ1v) is 6.98. The Morgan fingerprint density at radius 3 is 2.81 bits per heavy atom. The third kappa shape index (κ3) is 5.29. The first-order valence-electron chi connectivity index (χ1n) is 5.33. The maximum Gasteiger partial charge on any atom is 0.213 e. The molecular formula is C10H18N2O3S. The third-order valence-corrected chi connectivity index (χ3v) is 3.38. The molecular weight excluding hydrogens is 228 g/mol. The van der Waals surface area contributed by atoms with Crippen LogP contribution in [0.2, 0.25) is 0 Å². The second-order valence-electron chi connectivity index (χ2n) is 3.52. The lowest BCUT2D eigenvalue weighted by molar-refractivity contribution is 0.560. The quantitative estimate of drug-likeness (QED) is 0.662. The van der Waals surface area contributed by atoms with Gasteiger partial charge in [-0.05, 0) is 19.0 Å². The van der Waals surface area contributed by atoms with E-state index in [0.717, 1.165) is 18.5 Å². The van der Waals surface area contributed by atoms with Crippen molar-refractivity contribution in [3.8, 4) is 0 Å². The summed E-state index contributed by atoms with van der Waals surface area (Å²) >= 11 is 0. The van der Waals surface area contributed by atoms with E-state index in [4.69, 9.17) is 4.42 Å². The number of hydrogen-bond acceptors (Lipinski definition) is 4. The number of rotatable bonds is 8. The normalized spacial score (nSPS) is 11.8. The summed E-state index contributed by atoms with van der Waals surface area (Å²) in [4.78, 5) is 0. The summed E-state index contributed by atoms with van der Waals surface area (Å²) in [7, 11) is -3.19. The van der Waals surface area contributed by atoms with Crippen LogP contribution in [0.1, 0.15) is 18.9 Å². The van der Waals surface area contributed by atoms with Gasteiger partial charge in [0.25, 0.3) is 0 Å². The van der Waals surface area contributed by atoms with Crippen molar-refractivity contribution in [2.24, 2.45) is 0 Å². The molecule has 0 saturated heterocycles. The van der Waals surface area contributed by atoms with Gasteiger partial charge in [0.05, 0.1) is 18.3 Å². The molecule has 0 aliphatic carbocycles. The van der Waals surface area contributed by atoms with E-state index in [1.807, 2.05) is 6.92 Å². The van der Waals surface area contributed by atoms with Gasteiger partial charge in [-0.3, -0.25) is 0 Å². The molecule has 16 heavy (non-hydrogen) atoms. The summed E-state index contributed by atoms with van der Waals surface area (Å²) in [5.41, 5.74) is 0.824. The molecule has 5 nitrogen and oxygen atoms in total. The van der Waals surface area contributed by atoms with Crippen molar-refractivity contribution in [3.63, 3.8) is 0 Å². The summed E-state index contributed by atoms with van der Waals surface area (Å²) in [5.74, 6) is 0.102. The zero-order valence-corrected chi connectivity index (χ0v) is 10.2. The maximum atomic E-state index is 11.5. The molecule has 0 unspecified atom stereocenters. The largest absolute Gasteiger partial charge is 0.472 e. The Bertz CT molecular complexity index is 373. The predicted octanol–water partition coefficient (Wildman–Crippen LogP) is 0.699. The SMILES string of the molecule is CCCNCCS(=O)(=O)NCc1ccoc1. The Hall–Kier alpha value is -0.850. The number of furan rings is 1. The van der Waals surface area contributed by atoms with E-state index < -0.39 is 10.0 Å². The van der Waals surface area contributed by atoms with Crippen LogP contribution >= 0.6 is 0 Å². The molecule has 0 saturated carbocycles. The number of nitrogens with one attached hydrogen (secondary N) is 2. The third-order valence-electron chi connectivity index (χ3n) is 2.05. The molecule has 0 atom stereocenters. The minimum atomic E-state index is -3.19. The number of sulfonamides is 1. The van der Waals surface area contributed by atoms with Crippen molar-refractivity contribution < 1.29 is 12.8 Å². The van der Waals surface area contributed by atoms with Crippen LogP contribution < -0.4 is 10.0 Å². The molecule has 1 aromatic rings. The van der Waals surface area contributed by atoms with Crippen molar-refractivity contribution >= 4 is 10.0 Å². The average molecular weight is 246 g/mol. The standard InChI is InChI=1S/C10H18N2O3S/c1-2-4-11-5-7-16(13,14)12-8-10-3-6-15-9-10/h3,6,9,11-12H,2,4-5,7-8H2,1H3. The molecule has 0 radical (unpaired) electrons. The van der Waals surface area contributed by atoms with E-state index in [0.29, 0.717) is 6.54 Å². The highest BCUT2D eigenvalue weighted by Crippen LogP contribution is 1.99. The van der Waals surface area contributed by atoms with Crippen LogP contribution in [0.4, 0.5) is 0 Å². The van der Waals surface area contributed by atoms with Crippen molar-refractivity contribution in [3.05, 3.63) is 24.2 Å². The minimum absolute atomic E-state index is 0.102. The van der Waals surface area contributed by atoms with Gasteiger partial charge in [0, 0.05) is 18.7 Å². The predicted molar refractivity (Wildman–Crippen MR) is 62.5 cm³/mol. The van der Waals surface area contributed by atoms with E-state index in [2.05, 4.69) is 10.0 Å². The van der Waals surface area contributed by atoms with Gasteiger partial charge in [-0.25, -0.2) is 13.1 Å². The Labute approximate surface area is 96.3 Å². The highest BCUT2D eigenvalue weighted by molar-refractivity contribution is 7.89. The van der Waals surface area contributed by atoms with Crippen LogP contribution in [0, 0.1) is 0 Å². The molecule has 0 aliphatic heterocycles. The summed E-state index contributed by atoms with van der Waals surface area (Å²) in [6.45, 7) is 3.65. The second-order valence-corrected chi connectivity index (χ2v) is 5.45. The van der Waals surface area contributed by atoms with Crippen LogP contribution in [-0.2, 0) is 16.6 Å². The Balaban J connectivity index is 2.23. The summed E-state index contributed by atoms with van der Waals surface area (Å²) < 4.78 is 30.4. The van der Waals surface area contributed by atoms with Crippen molar-refractivity contribution in [1.82, 2.24) is 10.0 Å². The summed E-state index contributed by atoms with van der Waals surface area (Å²) in [6.07, 6.45) is 4.05. The van der Waals surface area contributed by atoms with Crippen LogP contribution in [-0.4, -0.2) is 27.3 Å². The van der Waals surface area contributed by atoms with Gasteiger partial charge in [0.1, 0.15) is 0 Å². The molecule has 2 N–H and O–H groups in total. The Morgan fingerprint density at radius 2 is 2.19 bits per heavy atom. The van der Waals surface area contributed by atoms with Gasteiger partial charge in [-0.1, -0.05) is 6.92 Å². The second kappa shape index (κ2) is 6.67. The Morgan fingerprint density at radius 1 is 1.38 bits per heavy atom. The topological polar surface area (TPSA) is 71.3 Å². The van der Waals surface area contributed by atoms with Gasteiger partial charge in [0.2, 0.25) is 10.0 Å². The number of hydrogen-bond donors (Lipinski definition) is 2. The monoisotopic (exact) mass is 246 g/mol. The van der Waals surface area contributed by atoms with E-state index in [-0.39, 0.29) is 12.3 Å². The molecule has 0 fully saturated rings. The fourth-order valence-electron chi connectivity index (χ4n) is 1.17. The molecule has 0 amide bonds. The van der Waals surface area contributed by atoms with Crippen molar-refractivity contribution in [2.75, 3.05) is 18.8 Å². The fraction of sp³-hybridized carbons (Fsp3) is 0.600. The minimum Gasteiger partial charge on any atom is -0.472 e. The molecule has 0 spiro atoms. The summed E-state index contributed by atoms with van der Waals surface area (Å²) in [6, 6.07) is 1.73. The Kier molecular flexibility index (Phi) is 5.51. The highest BCUT2D eigenvalue weighted by atomic mass is 32.2. The lowest BCUT2D eigenvalue weighted by Gasteiger charge is -2.06. The lowest BCUT2D eigenvalue weighted by Crippen LogP contribution is -2.31. The maximum absolute atomic E-state index is 11.5. The van der Waals surface area contributed by atoms with Gasteiger partial charge in [0.15, 0.2) is 0 Å². The van der Waals surface area contributed by atoms with E-state index in [1.165, 1.54) is 12.5 Å². The lowest BCUT2D eigenvalue weighted by atomic mass is 10.4. The van der Waals surface area contributed by atoms with Gasteiger partial charge in [-0.15, -0.1) is 0 Å². The first kappa shape index (κ1) is 13.2. The van der Waals surface area contributed by atoms with E-state index in [9.17, 15) is 8.42 Å². The molecule has 1 aromatic heterocycles. The van der Waals surface area contributed by atoms with Crippen LogP contribution in [0.5, 0.6) is 0 Å². The van der Waals surface area contributed by atoms with Crippen LogP contribution in [0.3, 0.4) is 0 Å². The highest BCUT2D eigenvalue weighted by Gasteiger charge is 2.09. The smallest absolute Gasteiger partial charge is 0.213 e. The van der Waals surface area contributed by atoms with Gasteiger partial charge in [-0.2, -0.15) is 0 Å². The summed E-state index contributed by atoms with van der Waals surface area (Å²) in [5, 5.41) is 3.05. The van der Waals surface area contributed by atoms with Gasteiger partial charge >= 0.3 is 0 Å². The van der Waals surface area contributed by atoms with E-state index >= 15 is 0 Å². The molecule has 1 heterocycles. The van der Waals surface area contributed by atoms with Gasteiger partial charge < -0.3 is 9.73 Å². The van der Waals surface area contributed by atoms with Crippen LogP contribution in [0.15, 0.2) is 23.0 Å². The molecule has 0 aliphatic rings. The average Bonchev–Trinajstić information content (AvgIpc) is 2.75. The van der Waals surface area contributed by atoms with Crippen molar-refractivity contribution in [1.29, 1.82) is 0 Å². The molecule has 0 aromatic carbocycles. The van der Waals surface area contributed by atoms with E-state index in [1.54, 1.807) is 6.07 Å². The molecule has 1 rings (SSSR count).